The lowest BCUT2D eigenvalue weighted by molar-refractivity contribution is -0.150. The molecule has 1 aliphatic rings. The molecule has 2 heterocycles. The van der Waals surface area contributed by atoms with E-state index in [9.17, 15) is 19.5 Å². The number of esters is 1. The SMILES string of the molecule is C=CCCCCCCCCC(=O)OC[C@H]1O[C@@H](n2cc(/C=C/Br)c(=O)[nH]c2=O)C[C@@H]1O. The molecule has 0 saturated carbocycles. The zero-order chi connectivity index (χ0) is 22.6. The van der Waals surface area contributed by atoms with Crippen molar-refractivity contribution in [2.75, 3.05) is 6.61 Å². The first kappa shape index (κ1) is 25.3. The summed E-state index contributed by atoms with van der Waals surface area (Å²) in [5.74, 6) is -0.322. The monoisotopic (exact) mass is 498 g/mol. The lowest BCUT2D eigenvalue weighted by Crippen LogP contribution is -2.33. The van der Waals surface area contributed by atoms with E-state index in [1.807, 2.05) is 6.08 Å². The van der Waals surface area contributed by atoms with Crippen molar-refractivity contribution in [1.29, 1.82) is 0 Å². The number of aliphatic hydroxyl groups excluding tert-OH is 1. The fraction of sp³-hybridized carbons (Fsp3) is 0.591. The Hall–Kier alpha value is -1.97. The van der Waals surface area contributed by atoms with Crippen molar-refractivity contribution in [3.63, 3.8) is 0 Å². The number of ether oxygens (including phenoxy) is 2. The Morgan fingerprint density at radius 2 is 2.00 bits per heavy atom. The number of aliphatic hydroxyl groups is 1. The van der Waals surface area contributed by atoms with Gasteiger partial charge < -0.3 is 14.6 Å². The summed E-state index contributed by atoms with van der Waals surface area (Å²) in [6, 6.07) is 0. The van der Waals surface area contributed by atoms with Crippen molar-refractivity contribution in [3.05, 3.63) is 50.2 Å². The Bertz CT molecular complexity index is 862. The van der Waals surface area contributed by atoms with Gasteiger partial charge in [0, 0.05) is 19.0 Å². The number of rotatable bonds is 13. The van der Waals surface area contributed by atoms with Crippen LogP contribution in [0.3, 0.4) is 0 Å². The van der Waals surface area contributed by atoms with Crippen molar-refractivity contribution < 1.29 is 19.4 Å². The maximum atomic E-state index is 12.1. The van der Waals surface area contributed by atoms with Crippen LogP contribution in [0, 0.1) is 0 Å². The molecular weight excluding hydrogens is 468 g/mol. The van der Waals surface area contributed by atoms with Gasteiger partial charge >= 0.3 is 11.7 Å². The summed E-state index contributed by atoms with van der Waals surface area (Å²) >= 11 is 3.10. The molecule has 172 valence electrons. The lowest BCUT2D eigenvalue weighted by Gasteiger charge is -2.16. The Kier molecular flexibility index (Phi) is 11.0. The van der Waals surface area contributed by atoms with Crippen LogP contribution in [0.5, 0.6) is 0 Å². The van der Waals surface area contributed by atoms with E-state index >= 15 is 0 Å². The van der Waals surface area contributed by atoms with Crippen LogP contribution in [-0.2, 0) is 14.3 Å². The highest BCUT2D eigenvalue weighted by molar-refractivity contribution is 9.11. The van der Waals surface area contributed by atoms with Gasteiger partial charge in [0.25, 0.3) is 5.56 Å². The van der Waals surface area contributed by atoms with E-state index in [-0.39, 0.29) is 24.6 Å². The van der Waals surface area contributed by atoms with Crippen LogP contribution in [0.4, 0.5) is 0 Å². The van der Waals surface area contributed by atoms with Crippen molar-refractivity contribution >= 4 is 28.0 Å². The number of nitrogens with zero attached hydrogens (tertiary/aromatic N) is 1. The van der Waals surface area contributed by atoms with Crippen LogP contribution in [0.2, 0.25) is 0 Å². The van der Waals surface area contributed by atoms with Crippen molar-refractivity contribution in [1.82, 2.24) is 9.55 Å². The van der Waals surface area contributed by atoms with Crippen molar-refractivity contribution in [2.24, 2.45) is 0 Å². The van der Waals surface area contributed by atoms with Gasteiger partial charge in [0.05, 0.1) is 11.7 Å². The molecule has 0 aliphatic carbocycles. The molecule has 0 spiro atoms. The summed E-state index contributed by atoms with van der Waals surface area (Å²) in [6.07, 6.45) is 10.3. The van der Waals surface area contributed by atoms with E-state index in [2.05, 4.69) is 27.5 Å². The molecule has 31 heavy (non-hydrogen) atoms. The Labute approximate surface area is 190 Å². The zero-order valence-electron chi connectivity index (χ0n) is 17.6. The topological polar surface area (TPSA) is 111 Å². The molecule has 1 aliphatic heterocycles. The van der Waals surface area contributed by atoms with Gasteiger partial charge in [0.15, 0.2) is 0 Å². The first-order chi connectivity index (χ1) is 15.0. The summed E-state index contributed by atoms with van der Waals surface area (Å²) in [4.78, 5) is 39.6. The van der Waals surface area contributed by atoms with Crippen LogP contribution in [0.15, 0.2) is 33.4 Å². The Morgan fingerprint density at radius 3 is 2.71 bits per heavy atom. The fourth-order valence-corrected chi connectivity index (χ4v) is 3.73. The second-order valence-corrected chi connectivity index (χ2v) is 8.14. The van der Waals surface area contributed by atoms with Gasteiger partial charge in [0.1, 0.15) is 18.9 Å². The van der Waals surface area contributed by atoms with Gasteiger partial charge in [-0.3, -0.25) is 19.1 Å². The number of nitrogens with one attached hydrogen (secondary N) is 1. The Balaban J connectivity index is 1.75. The summed E-state index contributed by atoms with van der Waals surface area (Å²) in [5, 5.41) is 10.3. The highest BCUT2D eigenvalue weighted by Gasteiger charge is 2.36. The quantitative estimate of drug-likeness (QED) is 0.245. The number of H-pyrrole nitrogens is 1. The number of carbonyl (C=O) groups excluding carboxylic acids is 1. The summed E-state index contributed by atoms with van der Waals surface area (Å²) in [5.41, 5.74) is -0.876. The summed E-state index contributed by atoms with van der Waals surface area (Å²) in [6.45, 7) is 3.63. The largest absolute Gasteiger partial charge is 0.463 e. The highest BCUT2D eigenvalue weighted by atomic mass is 79.9. The third-order valence-electron chi connectivity index (χ3n) is 5.20. The van der Waals surface area contributed by atoms with Crippen molar-refractivity contribution in [2.45, 2.75) is 76.2 Å². The molecule has 1 aromatic heterocycles. The molecular formula is C22H31BrN2O6. The highest BCUT2D eigenvalue weighted by Crippen LogP contribution is 2.28. The molecule has 0 aromatic carbocycles. The number of aromatic nitrogens is 2. The van der Waals surface area contributed by atoms with E-state index in [0.717, 1.165) is 38.5 Å². The summed E-state index contributed by atoms with van der Waals surface area (Å²) in [7, 11) is 0. The van der Waals surface area contributed by atoms with E-state index in [1.54, 1.807) is 0 Å². The van der Waals surface area contributed by atoms with E-state index in [0.29, 0.717) is 6.42 Å². The predicted molar refractivity (Wildman–Crippen MR) is 122 cm³/mol. The van der Waals surface area contributed by atoms with Gasteiger partial charge in [-0.2, -0.15) is 0 Å². The standard InChI is InChI=1S/C22H31BrN2O6/c1-2-3-4-5-6-7-8-9-10-20(27)30-15-18-17(26)13-19(31-18)25-14-16(11-12-23)21(28)24-22(25)29/h2,11-12,14,17-19,26H,1,3-10,13,15H2,(H,24,28,29)/b12-11+/t17-,18+,19+/m0/s1. The number of aromatic amines is 1. The van der Waals surface area contributed by atoms with Gasteiger partial charge in [-0.15, -0.1) is 6.58 Å². The van der Waals surface area contributed by atoms with Gasteiger partial charge in [0.2, 0.25) is 0 Å². The summed E-state index contributed by atoms with van der Waals surface area (Å²) < 4.78 is 12.2. The van der Waals surface area contributed by atoms with Gasteiger partial charge in [-0.05, 0) is 30.3 Å². The molecule has 1 fully saturated rings. The molecule has 2 rings (SSSR count). The van der Waals surface area contributed by atoms with Crippen LogP contribution >= 0.6 is 15.9 Å². The zero-order valence-corrected chi connectivity index (χ0v) is 19.2. The number of hydrogen-bond acceptors (Lipinski definition) is 6. The number of allylic oxidation sites excluding steroid dienone is 1. The molecule has 3 atom stereocenters. The minimum Gasteiger partial charge on any atom is -0.463 e. The first-order valence-corrected chi connectivity index (χ1v) is 11.6. The smallest absolute Gasteiger partial charge is 0.330 e. The van der Waals surface area contributed by atoms with Crippen LogP contribution < -0.4 is 11.2 Å². The van der Waals surface area contributed by atoms with Gasteiger partial charge in [-0.25, -0.2) is 4.79 Å². The molecule has 0 unspecified atom stereocenters. The number of carbonyl (C=O) groups is 1. The third-order valence-corrected chi connectivity index (χ3v) is 5.46. The number of halogens is 1. The molecule has 9 heteroatoms. The first-order valence-electron chi connectivity index (χ1n) is 10.7. The number of hydrogen-bond donors (Lipinski definition) is 2. The molecule has 1 saturated heterocycles. The number of unbranched alkanes of at least 4 members (excludes halogenated alkanes) is 6. The predicted octanol–water partition coefficient (Wildman–Crippen LogP) is 3.40. The minimum atomic E-state index is -0.887. The second-order valence-electron chi connectivity index (χ2n) is 7.61. The lowest BCUT2D eigenvalue weighted by atomic mass is 10.1. The average molecular weight is 499 g/mol. The maximum Gasteiger partial charge on any atom is 0.330 e. The van der Waals surface area contributed by atoms with E-state index < -0.39 is 29.7 Å². The van der Waals surface area contributed by atoms with Crippen LogP contribution in [-0.4, -0.2) is 39.4 Å². The minimum absolute atomic E-state index is 0.0791. The normalized spacial score (nSPS) is 20.9. The molecule has 0 radical (unpaired) electrons. The molecule has 2 N–H and O–H groups in total. The molecule has 1 aromatic rings. The van der Waals surface area contributed by atoms with Gasteiger partial charge in [-0.1, -0.05) is 47.7 Å². The molecule has 8 nitrogen and oxygen atoms in total. The van der Waals surface area contributed by atoms with E-state index in [4.69, 9.17) is 9.47 Å². The average Bonchev–Trinajstić information content (AvgIpc) is 3.10. The van der Waals surface area contributed by atoms with Crippen LogP contribution in [0.25, 0.3) is 6.08 Å². The van der Waals surface area contributed by atoms with Crippen molar-refractivity contribution in [3.8, 4) is 0 Å². The van der Waals surface area contributed by atoms with E-state index in [1.165, 1.54) is 28.2 Å². The maximum absolute atomic E-state index is 12.1. The molecule has 0 amide bonds. The molecule has 0 bridgehead atoms. The Morgan fingerprint density at radius 1 is 1.29 bits per heavy atom. The third kappa shape index (κ3) is 8.23. The fourth-order valence-electron chi connectivity index (χ4n) is 3.45. The second kappa shape index (κ2) is 13.4. The van der Waals surface area contributed by atoms with Crippen LogP contribution in [0.1, 0.15) is 69.6 Å².